The molecule has 0 aliphatic heterocycles. The maximum atomic E-state index is 5.88. The summed E-state index contributed by atoms with van der Waals surface area (Å²) < 4.78 is 0. The van der Waals surface area contributed by atoms with Crippen molar-refractivity contribution >= 4 is 11.6 Å². The molecule has 0 amide bonds. The highest BCUT2D eigenvalue weighted by atomic mass is 35.5. The largest absolute Gasteiger partial charge is 0.127 e. The Morgan fingerprint density at radius 3 is 1.71 bits per heavy atom. The first-order valence-corrected chi connectivity index (χ1v) is 7.96. The molecule has 0 saturated heterocycles. The number of hydrogen-bond donors (Lipinski definition) is 0. The van der Waals surface area contributed by atoms with E-state index in [2.05, 4.69) is 48.5 Å². The summed E-state index contributed by atoms with van der Waals surface area (Å²) in [6, 6.07) is 0. The number of halogens is 1. The Morgan fingerprint density at radius 2 is 1.35 bits per heavy atom. The van der Waals surface area contributed by atoms with Crippen LogP contribution < -0.4 is 0 Å². The lowest BCUT2D eigenvalue weighted by atomic mass is 9.69. The Kier molecular flexibility index (Phi) is 8.55. The van der Waals surface area contributed by atoms with Crippen molar-refractivity contribution in [2.24, 2.45) is 35.5 Å². The fourth-order valence-corrected chi connectivity index (χ4v) is 3.42. The van der Waals surface area contributed by atoms with Crippen molar-refractivity contribution in [1.29, 1.82) is 0 Å². The lowest BCUT2D eigenvalue weighted by molar-refractivity contribution is 0.125. The fourth-order valence-electron chi connectivity index (χ4n) is 3.08. The van der Waals surface area contributed by atoms with Crippen molar-refractivity contribution in [2.45, 2.75) is 61.3 Å². The fraction of sp³-hybridized carbons (Fsp3) is 1.00. The Morgan fingerprint density at radius 1 is 0.824 bits per heavy atom. The first kappa shape index (κ1) is 17.3. The smallest absolute Gasteiger partial charge is 0.0226 e. The molecule has 0 heterocycles. The van der Waals surface area contributed by atoms with Crippen LogP contribution >= 0.6 is 11.6 Å². The summed E-state index contributed by atoms with van der Waals surface area (Å²) in [5, 5.41) is 0. The van der Waals surface area contributed by atoms with Crippen LogP contribution in [0.2, 0.25) is 0 Å². The number of rotatable bonds is 8. The summed E-state index contributed by atoms with van der Waals surface area (Å²) in [5.74, 6) is 5.59. The van der Waals surface area contributed by atoms with Gasteiger partial charge in [-0.2, -0.15) is 0 Å². The van der Waals surface area contributed by atoms with Crippen molar-refractivity contribution in [2.75, 3.05) is 5.88 Å². The standard InChI is InChI=1S/C16H33Cl/c1-8-16(14(6)12(4)9-10-17)15(7)13(5)11(2)3/h11-16H,8-10H2,1-7H3. The molecule has 0 aliphatic carbocycles. The predicted molar refractivity (Wildman–Crippen MR) is 80.6 cm³/mol. The monoisotopic (exact) mass is 260 g/mol. The molecule has 0 N–H and O–H groups in total. The second-order valence-electron chi connectivity index (χ2n) is 6.35. The van der Waals surface area contributed by atoms with E-state index in [4.69, 9.17) is 11.6 Å². The third kappa shape index (κ3) is 5.20. The van der Waals surface area contributed by atoms with Crippen molar-refractivity contribution in [3.8, 4) is 0 Å². The van der Waals surface area contributed by atoms with Crippen LogP contribution in [0.25, 0.3) is 0 Å². The molecule has 0 nitrogen and oxygen atoms in total. The molecular formula is C16H33Cl. The zero-order chi connectivity index (χ0) is 13.6. The lowest BCUT2D eigenvalue weighted by Crippen LogP contribution is -2.30. The summed E-state index contributed by atoms with van der Waals surface area (Å²) in [6.07, 6.45) is 2.45. The van der Waals surface area contributed by atoms with E-state index in [1.165, 1.54) is 6.42 Å². The second kappa shape index (κ2) is 8.40. The maximum absolute atomic E-state index is 5.88. The molecule has 0 spiro atoms. The van der Waals surface area contributed by atoms with Gasteiger partial charge in [-0.25, -0.2) is 0 Å². The van der Waals surface area contributed by atoms with Crippen LogP contribution in [0.4, 0.5) is 0 Å². The quantitative estimate of drug-likeness (QED) is 0.481. The molecule has 0 aromatic rings. The number of hydrogen-bond acceptors (Lipinski definition) is 0. The van der Waals surface area contributed by atoms with E-state index in [0.717, 1.165) is 47.8 Å². The average Bonchev–Trinajstić information content (AvgIpc) is 2.28. The van der Waals surface area contributed by atoms with Gasteiger partial charge in [0, 0.05) is 5.88 Å². The molecule has 1 heteroatoms. The zero-order valence-corrected chi connectivity index (χ0v) is 13.7. The van der Waals surface area contributed by atoms with E-state index in [1.807, 2.05) is 0 Å². The molecule has 0 radical (unpaired) electrons. The molecule has 17 heavy (non-hydrogen) atoms. The Hall–Kier alpha value is 0.290. The molecule has 0 fully saturated rings. The lowest BCUT2D eigenvalue weighted by Gasteiger charge is -2.37. The molecule has 0 bridgehead atoms. The Labute approximate surface area is 115 Å². The first-order chi connectivity index (χ1) is 7.86. The van der Waals surface area contributed by atoms with Crippen LogP contribution in [-0.2, 0) is 0 Å². The van der Waals surface area contributed by atoms with Gasteiger partial charge in [0.05, 0.1) is 0 Å². The highest BCUT2D eigenvalue weighted by Crippen LogP contribution is 2.37. The minimum absolute atomic E-state index is 0.749. The Bertz CT molecular complexity index is 188. The zero-order valence-electron chi connectivity index (χ0n) is 13.0. The summed E-state index contributed by atoms with van der Waals surface area (Å²) in [5.41, 5.74) is 0. The summed E-state index contributed by atoms with van der Waals surface area (Å²) >= 11 is 5.88. The molecule has 0 rings (SSSR count). The van der Waals surface area contributed by atoms with Gasteiger partial charge in [-0.3, -0.25) is 0 Å². The SMILES string of the molecule is CCC(C(C)C(C)CCCl)C(C)C(C)C(C)C. The highest BCUT2D eigenvalue weighted by Gasteiger charge is 2.29. The van der Waals surface area contributed by atoms with Crippen LogP contribution in [0.1, 0.15) is 61.3 Å². The van der Waals surface area contributed by atoms with Crippen LogP contribution in [0, 0.1) is 35.5 Å². The van der Waals surface area contributed by atoms with Crippen molar-refractivity contribution in [1.82, 2.24) is 0 Å². The Balaban J connectivity index is 4.59. The first-order valence-electron chi connectivity index (χ1n) is 7.42. The highest BCUT2D eigenvalue weighted by molar-refractivity contribution is 6.17. The molecule has 0 aromatic heterocycles. The molecule has 104 valence electrons. The summed E-state index contributed by atoms with van der Waals surface area (Å²) in [7, 11) is 0. The van der Waals surface area contributed by atoms with Crippen molar-refractivity contribution in [3.63, 3.8) is 0 Å². The van der Waals surface area contributed by atoms with E-state index in [1.54, 1.807) is 0 Å². The van der Waals surface area contributed by atoms with Gasteiger partial charge in [0.2, 0.25) is 0 Å². The van der Waals surface area contributed by atoms with Gasteiger partial charge in [0.25, 0.3) is 0 Å². The van der Waals surface area contributed by atoms with Gasteiger partial charge in [-0.1, -0.05) is 54.9 Å². The maximum Gasteiger partial charge on any atom is 0.0226 e. The van der Waals surface area contributed by atoms with Crippen LogP contribution in [0.15, 0.2) is 0 Å². The van der Waals surface area contributed by atoms with E-state index in [9.17, 15) is 0 Å². The van der Waals surface area contributed by atoms with Gasteiger partial charge in [-0.15, -0.1) is 11.6 Å². The predicted octanol–water partition coefficient (Wildman–Crippen LogP) is 5.84. The van der Waals surface area contributed by atoms with Gasteiger partial charge in [-0.05, 0) is 41.9 Å². The molecule has 0 saturated carbocycles. The van der Waals surface area contributed by atoms with Gasteiger partial charge in [0.1, 0.15) is 0 Å². The summed E-state index contributed by atoms with van der Waals surface area (Å²) in [4.78, 5) is 0. The number of alkyl halides is 1. The second-order valence-corrected chi connectivity index (χ2v) is 6.73. The van der Waals surface area contributed by atoms with Crippen molar-refractivity contribution < 1.29 is 0 Å². The van der Waals surface area contributed by atoms with Gasteiger partial charge in [0.15, 0.2) is 0 Å². The van der Waals surface area contributed by atoms with E-state index in [-0.39, 0.29) is 0 Å². The molecule has 0 aromatic carbocycles. The van der Waals surface area contributed by atoms with E-state index >= 15 is 0 Å². The van der Waals surface area contributed by atoms with Crippen LogP contribution in [0.5, 0.6) is 0 Å². The molecular weight excluding hydrogens is 228 g/mol. The topological polar surface area (TPSA) is 0 Å². The minimum atomic E-state index is 0.749. The molecule has 0 aliphatic rings. The minimum Gasteiger partial charge on any atom is -0.127 e. The third-order valence-corrected chi connectivity index (χ3v) is 5.38. The van der Waals surface area contributed by atoms with E-state index in [0.29, 0.717) is 0 Å². The van der Waals surface area contributed by atoms with Gasteiger partial charge >= 0.3 is 0 Å². The van der Waals surface area contributed by atoms with E-state index < -0.39 is 0 Å². The summed E-state index contributed by atoms with van der Waals surface area (Å²) in [6.45, 7) is 16.7. The van der Waals surface area contributed by atoms with Crippen LogP contribution in [-0.4, -0.2) is 5.88 Å². The average molecular weight is 261 g/mol. The van der Waals surface area contributed by atoms with Gasteiger partial charge < -0.3 is 0 Å². The molecule has 5 unspecified atom stereocenters. The third-order valence-electron chi connectivity index (χ3n) is 5.17. The van der Waals surface area contributed by atoms with Crippen LogP contribution in [0.3, 0.4) is 0 Å². The van der Waals surface area contributed by atoms with Crippen molar-refractivity contribution in [3.05, 3.63) is 0 Å². The normalized spacial score (nSPS) is 21.0. The molecule has 5 atom stereocenters.